The van der Waals surface area contributed by atoms with E-state index in [-0.39, 0.29) is 0 Å². The monoisotopic (exact) mass is 224 g/mol. The van der Waals surface area contributed by atoms with E-state index in [0.29, 0.717) is 11.9 Å². The smallest absolute Gasteiger partial charge is 0.222 e. The molecule has 1 atom stereocenters. The largest absolute Gasteiger partial charge is 0.337 e. The van der Waals surface area contributed by atoms with E-state index in [4.69, 9.17) is 0 Å². The molecule has 0 aromatic carbocycles. The van der Waals surface area contributed by atoms with Crippen LogP contribution in [0, 0.1) is 5.92 Å². The first kappa shape index (κ1) is 11.9. The summed E-state index contributed by atoms with van der Waals surface area (Å²) in [7, 11) is 0. The summed E-state index contributed by atoms with van der Waals surface area (Å²) in [4.78, 5) is 14.0. The van der Waals surface area contributed by atoms with Crippen molar-refractivity contribution in [2.75, 3.05) is 19.6 Å². The van der Waals surface area contributed by atoms with Crippen molar-refractivity contribution in [1.29, 1.82) is 0 Å². The SMILES string of the molecule is CC1CNCCN1C(=O)CCCC1CCC1. The summed E-state index contributed by atoms with van der Waals surface area (Å²) in [6, 6.07) is 0.380. The van der Waals surface area contributed by atoms with Gasteiger partial charge < -0.3 is 10.2 Å². The Bertz CT molecular complexity index is 238. The molecule has 1 saturated heterocycles. The van der Waals surface area contributed by atoms with Crippen molar-refractivity contribution in [3.05, 3.63) is 0 Å². The molecule has 0 spiro atoms. The van der Waals surface area contributed by atoms with Crippen molar-refractivity contribution in [3.8, 4) is 0 Å². The summed E-state index contributed by atoms with van der Waals surface area (Å²) in [6.07, 6.45) is 7.34. The summed E-state index contributed by atoms with van der Waals surface area (Å²) >= 11 is 0. The van der Waals surface area contributed by atoms with Gasteiger partial charge in [-0.05, 0) is 25.7 Å². The highest BCUT2D eigenvalue weighted by molar-refractivity contribution is 5.76. The van der Waals surface area contributed by atoms with Crippen LogP contribution in [0.4, 0.5) is 0 Å². The van der Waals surface area contributed by atoms with Crippen LogP contribution in [0.2, 0.25) is 0 Å². The molecule has 1 unspecified atom stereocenters. The molecule has 1 aliphatic heterocycles. The number of carbonyl (C=O) groups excluding carboxylic acids is 1. The molecular formula is C13H24N2O. The maximum absolute atomic E-state index is 12.0. The van der Waals surface area contributed by atoms with Crippen LogP contribution in [0.3, 0.4) is 0 Å². The van der Waals surface area contributed by atoms with E-state index >= 15 is 0 Å². The van der Waals surface area contributed by atoms with E-state index in [1.165, 1.54) is 25.7 Å². The van der Waals surface area contributed by atoms with Gasteiger partial charge in [-0.2, -0.15) is 0 Å². The molecule has 2 fully saturated rings. The fourth-order valence-corrected chi connectivity index (χ4v) is 2.68. The summed E-state index contributed by atoms with van der Waals surface area (Å²) in [5.74, 6) is 1.31. The average molecular weight is 224 g/mol. The molecule has 92 valence electrons. The summed E-state index contributed by atoms with van der Waals surface area (Å²) in [6.45, 7) is 4.94. The minimum absolute atomic E-state index is 0.369. The maximum atomic E-state index is 12.0. The fourth-order valence-electron chi connectivity index (χ4n) is 2.68. The number of nitrogens with zero attached hydrogens (tertiary/aromatic N) is 1. The highest BCUT2D eigenvalue weighted by atomic mass is 16.2. The van der Waals surface area contributed by atoms with Crippen LogP contribution in [0.1, 0.15) is 45.4 Å². The maximum Gasteiger partial charge on any atom is 0.222 e. The third-order valence-electron chi connectivity index (χ3n) is 4.05. The highest BCUT2D eigenvalue weighted by Gasteiger charge is 2.23. The van der Waals surface area contributed by atoms with Crippen LogP contribution < -0.4 is 5.32 Å². The van der Waals surface area contributed by atoms with Gasteiger partial charge in [0.15, 0.2) is 0 Å². The van der Waals surface area contributed by atoms with Crippen molar-refractivity contribution in [1.82, 2.24) is 10.2 Å². The van der Waals surface area contributed by atoms with Crippen molar-refractivity contribution >= 4 is 5.91 Å². The van der Waals surface area contributed by atoms with Gasteiger partial charge in [-0.1, -0.05) is 19.3 Å². The highest BCUT2D eigenvalue weighted by Crippen LogP contribution is 2.30. The van der Waals surface area contributed by atoms with Crippen LogP contribution in [-0.2, 0) is 4.79 Å². The number of hydrogen-bond donors (Lipinski definition) is 1. The second kappa shape index (κ2) is 5.67. The van der Waals surface area contributed by atoms with Crippen molar-refractivity contribution in [2.45, 2.75) is 51.5 Å². The van der Waals surface area contributed by atoms with Crippen LogP contribution in [0.5, 0.6) is 0 Å². The summed E-state index contributed by atoms with van der Waals surface area (Å²) in [5, 5.41) is 3.32. The quantitative estimate of drug-likeness (QED) is 0.789. The lowest BCUT2D eigenvalue weighted by Crippen LogP contribution is -2.52. The predicted molar refractivity (Wildman–Crippen MR) is 65.2 cm³/mol. The van der Waals surface area contributed by atoms with E-state index in [2.05, 4.69) is 17.1 Å². The van der Waals surface area contributed by atoms with Crippen LogP contribution in [-0.4, -0.2) is 36.5 Å². The molecule has 2 rings (SSSR count). The molecule has 1 saturated carbocycles. The standard InChI is InChI=1S/C13H24N2O/c1-11-10-14-8-9-15(11)13(16)7-3-6-12-4-2-5-12/h11-12,14H,2-10H2,1H3. The molecule has 3 nitrogen and oxygen atoms in total. The minimum atomic E-state index is 0.369. The van der Waals surface area contributed by atoms with Gasteiger partial charge in [0, 0.05) is 32.1 Å². The van der Waals surface area contributed by atoms with E-state index in [1.807, 2.05) is 0 Å². The first-order chi connectivity index (χ1) is 7.77. The Kier molecular flexibility index (Phi) is 4.22. The van der Waals surface area contributed by atoms with Gasteiger partial charge in [-0.25, -0.2) is 0 Å². The van der Waals surface area contributed by atoms with Gasteiger partial charge in [0.05, 0.1) is 0 Å². The number of rotatable bonds is 4. The molecule has 16 heavy (non-hydrogen) atoms. The summed E-state index contributed by atoms with van der Waals surface area (Å²) < 4.78 is 0. The zero-order valence-corrected chi connectivity index (χ0v) is 10.4. The van der Waals surface area contributed by atoms with Gasteiger partial charge in [-0.15, -0.1) is 0 Å². The minimum Gasteiger partial charge on any atom is -0.337 e. The molecule has 1 amide bonds. The number of piperazine rings is 1. The molecule has 1 heterocycles. The Morgan fingerprint density at radius 2 is 2.25 bits per heavy atom. The predicted octanol–water partition coefficient (Wildman–Crippen LogP) is 1.78. The Morgan fingerprint density at radius 1 is 1.44 bits per heavy atom. The molecular weight excluding hydrogens is 200 g/mol. The average Bonchev–Trinajstić information content (AvgIpc) is 2.22. The normalized spacial score (nSPS) is 26.6. The zero-order chi connectivity index (χ0) is 11.4. The molecule has 0 aromatic heterocycles. The third kappa shape index (κ3) is 2.97. The molecule has 0 bridgehead atoms. The second-order valence-electron chi connectivity index (χ2n) is 5.33. The first-order valence-corrected chi connectivity index (χ1v) is 6.77. The van der Waals surface area contributed by atoms with Crippen LogP contribution in [0.25, 0.3) is 0 Å². The topological polar surface area (TPSA) is 32.3 Å². The van der Waals surface area contributed by atoms with E-state index in [0.717, 1.165) is 38.4 Å². The Hall–Kier alpha value is -0.570. The van der Waals surface area contributed by atoms with Gasteiger partial charge >= 0.3 is 0 Å². The third-order valence-corrected chi connectivity index (χ3v) is 4.05. The van der Waals surface area contributed by atoms with Crippen molar-refractivity contribution in [2.24, 2.45) is 5.92 Å². The lowest BCUT2D eigenvalue weighted by molar-refractivity contribution is -0.134. The number of hydrogen-bond acceptors (Lipinski definition) is 2. The summed E-state index contributed by atoms with van der Waals surface area (Å²) in [5.41, 5.74) is 0. The van der Waals surface area contributed by atoms with Gasteiger partial charge in [-0.3, -0.25) is 4.79 Å². The molecule has 1 aliphatic carbocycles. The second-order valence-corrected chi connectivity index (χ2v) is 5.33. The van der Waals surface area contributed by atoms with Gasteiger partial charge in [0.2, 0.25) is 5.91 Å². The van der Waals surface area contributed by atoms with E-state index in [9.17, 15) is 4.79 Å². The van der Waals surface area contributed by atoms with E-state index < -0.39 is 0 Å². The number of carbonyl (C=O) groups is 1. The van der Waals surface area contributed by atoms with Crippen molar-refractivity contribution in [3.63, 3.8) is 0 Å². The number of nitrogens with one attached hydrogen (secondary N) is 1. The lowest BCUT2D eigenvalue weighted by Gasteiger charge is -2.34. The molecule has 1 N–H and O–H groups in total. The zero-order valence-electron chi connectivity index (χ0n) is 10.4. The molecule has 0 radical (unpaired) electrons. The Balaban J connectivity index is 1.65. The Labute approximate surface area is 98.6 Å². The van der Waals surface area contributed by atoms with Gasteiger partial charge in [0.1, 0.15) is 0 Å². The van der Waals surface area contributed by atoms with E-state index in [1.54, 1.807) is 0 Å². The molecule has 2 aliphatic rings. The molecule has 3 heteroatoms. The van der Waals surface area contributed by atoms with Crippen molar-refractivity contribution < 1.29 is 4.79 Å². The number of amides is 1. The first-order valence-electron chi connectivity index (χ1n) is 6.77. The van der Waals surface area contributed by atoms with Crippen LogP contribution >= 0.6 is 0 Å². The van der Waals surface area contributed by atoms with Gasteiger partial charge in [0.25, 0.3) is 0 Å². The fraction of sp³-hybridized carbons (Fsp3) is 0.923. The Morgan fingerprint density at radius 3 is 2.88 bits per heavy atom. The molecule has 0 aromatic rings. The van der Waals surface area contributed by atoms with Crippen LogP contribution in [0.15, 0.2) is 0 Å². The lowest BCUT2D eigenvalue weighted by atomic mass is 9.82.